The fraction of sp³-hybridized carbons (Fsp3) is 0.692. The Morgan fingerprint density at radius 2 is 2.21 bits per heavy atom. The summed E-state index contributed by atoms with van der Waals surface area (Å²) in [6.45, 7) is 2.66. The molecule has 1 heterocycles. The first-order valence-corrected chi connectivity index (χ1v) is 8.09. The summed E-state index contributed by atoms with van der Waals surface area (Å²) in [5, 5.41) is 0. The number of sulfonamides is 1. The van der Waals surface area contributed by atoms with Crippen LogP contribution in [-0.2, 0) is 19.5 Å². The van der Waals surface area contributed by atoms with Crippen molar-refractivity contribution < 1.29 is 17.9 Å². The summed E-state index contributed by atoms with van der Waals surface area (Å²) in [7, 11) is -1.66. The van der Waals surface area contributed by atoms with Crippen LogP contribution in [0.3, 0.4) is 0 Å². The van der Waals surface area contributed by atoms with Gasteiger partial charge in [-0.3, -0.25) is 0 Å². The van der Waals surface area contributed by atoms with Gasteiger partial charge in [0.15, 0.2) is 5.94 Å². The van der Waals surface area contributed by atoms with Gasteiger partial charge in [0.25, 0.3) is 0 Å². The number of allylic oxidation sites excluding steroid dienone is 1. The van der Waals surface area contributed by atoms with Crippen molar-refractivity contribution in [3.05, 3.63) is 23.8 Å². The Kier molecular flexibility index (Phi) is 7.30. The maximum Gasteiger partial charge on any atom is 0.235 e. The largest absolute Gasteiger partial charge is 0.377 e. The van der Waals surface area contributed by atoms with Crippen LogP contribution in [0.1, 0.15) is 26.2 Å². The molecule has 0 spiro atoms. The van der Waals surface area contributed by atoms with Crippen molar-refractivity contribution in [1.29, 1.82) is 0 Å². The zero-order valence-corrected chi connectivity index (χ0v) is 12.4. The number of hydrogen-bond donors (Lipinski definition) is 1. The van der Waals surface area contributed by atoms with Gasteiger partial charge in [0.1, 0.15) is 0 Å². The number of hydrogen-bond acceptors (Lipinski definition) is 4. The molecule has 19 heavy (non-hydrogen) atoms. The van der Waals surface area contributed by atoms with E-state index in [4.69, 9.17) is 9.47 Å². The van der Waals surface area contributed by atoms with Crippen LogP contribution < -0.4 is 4.72 Å². The predicted octanol–water partition coefficient (Wildman–Crippen LogP) is 1.58. The second-order valence-electron chi connectivity index (χ2n) is 4.59. The molecule has 0 aliphatic carbocycles. The van der Waals surface area contributed by atoms with Crippen molar-refractivity contribution >= 4 is 10.0 Å². The summed E-state index contributed by atoms with van der Waals surface area (Å²) in [6.07, 6.45) is 8.52. The van der Waals surface area contributed by atoms with Crippen LogP contribution in [-0.4, -0.2) is 40.7 Å². The third-order valence-corrected chi connectivity index (χ3v) is 3.92. The number of ether oxygens (including phenoxy) is 2. The lowest BCUT2D eigenvalue weighted by Gasteiger charge is -2.11. The molecule has 0 saturated carbocycles. The molecule has 0 bridgehead atoms. The van der Waals surface area contributed by atoms with E-state index in [-0.39, 0.29) is 12.0 Å². The third kappa shape index (κ3) is 7.47. The minimum absolute atomic E-state index is 0.0736. The van der Waals surface area contributed by atoms with Crippen molar-refractivity contribution in [2.75, 3.05) is 26.2 Å². The van der Waals surface area contributed by atoms with E-state index in [0.717, 1.165) is 18.4 Å². The van der Waals surface area contributed by atoms with Crippen LogP contribution in [0.4, 0.5) is 0 Å². The van der Waals surface area contributed by atoms with E-state index in [1.807, 2.05) is 19.1 Å². The van der Waals surface area contributed by atoms with Crippen molar-refractivity contribution in [3.8, 4) is 0 Å². The van der Waals surface area contributed by atoms with Gasteiger partial charge in [-0.1, -0.05) is 23.8 Å². The Morgan fingerprint density at radius 1 is 1.42 bits per heavy atom. The highest BCUT2D eigenvalue weighted by atomic mass is 32.2. The van der Waals surface area contributed by atoms with Crippen molar-refractivity contribution in [2.24, 2.45) is 0 Å². The molecule has 0 aromatic rings. The Morgan fingerprint density at radius 3 is 2.95 bits per heavy atom. The smallest absolute Gasteiger partial charge is 0.235 e. The van der Waals surface area contributed by atoms with Crippen LogP contribution in [0, 0.1) is 0 Å². The average molecular weight is 289 g/mol. The molecule has 1 aliphatic rings. The number of nitrogens with one attached hydrogen (secondary N) is 1. The first kappa shape index (κ1) is 16.4. The van der Waals surface area contributed by atoms with Gasteiger partial charge in [-0.2, -0.15) is 0 Å². The molecular formula is C13H23NO4S. The molecule has 0 saturated heterocycles. The van der Waals surface area contributed by atoms with Gasteiger partial charge in [0, 0.05) is 13.7 Å². The third-order valence-electron chi connectivity index (χ3n) is 2.80. The first-order chi connectivity index (χ1) is 9.03. The van der Waals surface area contributed by atoms with Gasteiger partial charge in [-0.05, 0) is 26.2 Å². The molecular weight excluding hydrogens is 266 g/mol. The van der Waals surface area contributed by atoms with Crippen molar-refractivity contribution in [3.63, 3.8) is 0 Å². The van der Waals surface area contributed by atoms with Crippen LogP contribution >= 0.6 is 0 Å². The summed E-state index contributed by atoms with van der Waals surface area (Å²) in [4.78, 5) is 0. The lowest BCUT2D eigenvalue weighted by Crippen LogP contribution is -2.28. The minimum atomic E-state index is -3.34. The summed E-state index contributed by atoms with van der Waals surface area (Å²) >= 11 is 0. The molecule has 110 valence electrons. The quantitative estimate of drug-likeness (QED) is 0.744. The predicted molar refractivity (Wildman–Crippen MR) is 75.3 cm³/mol. The zero-order chi connectivity index (χ0) is 14.1. The second-order valence-corrected chi connectivity index (χ2v) is 6.35. The van der Waals surface area contributed by atoms with E-state index in [1.54, 1.807) is 7.11 Å². The molecule has 1 atom stereocenters. The van der Waals surface area contributed by atoms with Gasteiger partial charge in [0.05, 0.1) is 12.7 Å². The number of methoxy groups -OCH3 is 1. The minimum Gasteiger partial charge on any atom is -0.377 e. The fourth-order valence-corrected chi connectivity index (χ4v) is 2.56. The molecule has 0 amide bonds. The van der Waals surface area contributed by atoms with Gasteiger partial charge < -0.3 is 9.47 Å². The highest BCUT2D eigenvalue weighted by molar-refractivity contribution is 7.89. The van der Waals surface area contributed by atoms with Gasteiger partial charge in [-0.25, -0.2) is 13.1 Å². The molecule has 1 unspecified atom stereocenters. The van der Waals surface area contributed by atoms with Crippen molar-refractivity contribution in [1.82, 2.24) is 4.72 Å². The first-order valence-electron chi connectivity index (χ1n) is 6.43. The molecule has 1 aliphatic heterocycles. The highest BCUT2D eigenvalue weighted by Gasteiger charge is 2.09. The van der Waals surface area contributed by atoms with E-state index >= 15 is 0 Å². The summed E-state index contributed by atoms with van der Waals surface area (Å²) in [5.41, 5.74) is 1.03. The summed E-state index contributed by atoms with van der Waals surface area (Å²) in [6, 6.07) is 0. The SMILES string of the molecule is COC1/C=C/CCNS(=O)(=O)COC/C(C)=C\CC1. The Balaban J connectivity index is 2.64. The Bertz CT molecular complexity index is 414. The van der Waals surface area contributed by atoms with E-state index in [9.17, 15) is 8.42 Å². The lowest BCUT2D eigenvalue weighted by atomic mass is 10.1. The van der Waals surface area contributed by atoms with E-state index in [2.05, 4.69) is 10.8 Å². The molecule has 1 N–H and O–H groups in total. The zero-order valence-electron chi connectivity index (χ0n) is 11.6. The average Bonchev–Trinajstić information content (AvgIpc) is 2.35. The molecule has 0 aromatic carbocycles. The van der Waals surface area contributed by atoms with Gasteiger partial charge >= 0.3 is 0 Å². The second kappa shape index (κ2) is 8.47. The Labute approximate surface area is 115 Å². The van der Waals surface area contributed by atoms with E-state index < -0.39 is 10.0 Å². The monoisotopic (exact) mass is 289 g/mol. The van der Waals surface area contributed by atoms with E-state index in [0.29, 0.717) is 19.6 Å². The standard InChI is InChI=1S/C13H23NO4S/c1-12-6-5-8-13(17-2)7-3-4-9-14-19(15,16)11-18-10-12/h3,6-7,13-14H,4-5,8-11H2,1-2H3/b7-3+,12-6-. The summed E-state index contributed by atoms with van der Waals surface area (Å²) in [5.74, 6) is -0.289. The van der Waals surface area contributed by atoms with Crippen LogP contribution in [0.2, 0.25) is 0 Å². The maximum absolute atomic E-state index is 11.6. The maximum atomic E-state index is 11.6. The van der Waals surface area contributed by atoms with Gasteiger partial charge in [-0.15, -0.1) is 0 Å². The van der Waals surface area contributed by atoms with Crippen LogP contribution in [0.15, 0.2) is 23.8 Å². The Hall–Kier alpha value is -0.690. The highest BCUT2D eigenvalue weighted by Crippen LogP contribution is 2.07. The fourth-order valence-electron chi connectivity index (χ4n) is 1.75. The molecule has 6 heteroatoms. The number of rotatable bonds is 1. The van der Waals surface area contributed by atoms with Crippen molar-refractivity contribution in [2.45, 2.75) is 32.3 Å². The molecule has 0 fully saturated rings. The molecule has 1 rings (SSSR count). The normalized spacial score (nSPS) is 30.8. The molecule has 5 nitrogen and oxygen atoms in total. The van der Waals surface area contributed by atoms with Crippen LogP contribution in [0.25, 0.3) is 0 Å². The summed E-state index contributed by atoms with van der Waals surface area (Å²) < 4.78 is 36.2. The molecule has 0 aromatic heterocycles. The molecule has 0 radical (unpaired) electrons. The van der Waals surface area contributed by atoms with Gasteiger partial charge in [0.2, 0.25) is 10.0 Å². The lowest BCUT2D eigenvalue weighted by molar-refractivity contribution is 0.134. The van der Waals surface area contributed by atoms with E-state index in [1.165, 1.54) is 0 Å². The topological polar surface area (TPSA) is 64.6 Å². The van der Waals surface area contributed by atoms with Crippen LogP contribution in [0.5, 0.6) is 0 Å².